The van der Waals surface area contributed by atoms with Crippen molar-refractivity contribution in [3.05, 3.63) is 53.6 Å². The minimum Gasteiger partial charge on any atom is -0.473 e. The number of aryl methyl sites for hydroxylation is 2. The number of rotatable bonds is 5. The molecule has 0 amide bonds. The molecule has 0 spiro atoms. The summed E-state index contributed by atoms with van der Waals surface area (Å²) >= 11 is 0. The van der Waals surface area contributed by atoms with E-state index in [4.69, 9.17) is 19.2 Å². The van der Waals surface area contributed by atoms with Crippen LogP contribution in [0.4, 0.5) is 0 Å². The lowest BCUT2D eigenvalue weighted by Crippen LogP contribution is -2.35. The highest BCUT2D eigenvalue weighted by molar-refractivity contribution is 5.81. The van der Waals surface area contributed by atoms with Crippen LogP contribution in [0.1, 0.15) is 11.1 Å². The average molecular weight is 396 g/mol. The van der Waals surface area contributed by atoms with Gasteiger partial charge in [-0.25, -0.2) is 9.97 Å². The normalized spacial score (nSPS) is 24.2. The van der Waals surface area contributed by atoms with Crippen molar-refractivity contribution < 1.29 is 24.4 Å². The molecule has 1 saturated heterocycles. The van der Waals surface area contributed by atoms with E-state index in [1.54, 1.807) is 0 Å². The zero-order chi connectivity index (χ0) is 20.5. The quantitative estimate of drug-likeness (QED) is 0.684. The molecule has 0 saturated carbocycles. The van der Waals surface area contributed by atoms with Crippen LogP contribution in [-0.4, -0.2) is 58.5 Å². The van der Waals surface area contributed by atoms with Gasteiger partial charge >= 0.3 is 0 Å². The zero-order valence-electron chi connectivity index (χ0n) is 16.6. The summed E-state index contributed by atoms with van der Waals surface area (Å²) in [5.74, 6) is 0.345. The summed E-state index contributed by atoms with van der Waals surface area (Å²) in [5.41, 5.74) is 5.25. The van der Waals surface area contributed by atoms with E-state index in [2.05, 4.69) is 4.98 Å². The lowest BCUT2D eigenvalue weighted by molar-refractivity contribution is -0.152. The Balaban J connectivity index is 1.69. The lowest BCUT2D eigenvalue weighted by Gasteiger charge is -2.17. The van der Waals surface area contributed by atoms with Gasteiger partial charge in [0.05, 0.1) is 11.0 Å². The van der Waals surface area contributed by atoms with Crippen LogP contribution in [0.3, 0.4) is 0 Å². The first kappa shape index (κ1) is 19.7. The lowest BCUT2D eigenvalue weighted by atomic mass is 10.1. The summed E-state index contributed by atoms with van der Waals surface area (Å²) in [7, 11) is 1.41. The maximum absolute atomic E-state index is 10.2. The first-order chi connectivity index (χ1) is 14.0. The van der Waals surface area contributed by atoms with E-state index >= 15 is 0 Å². The molecule has 1 aliphatic heterocycles. The van der Waals surface area contributed by atoms with Crippen LogP contribution in [0.5, 0.6) is 5.88 Å². The van der Waals surface area contributed by atoms with Crippen molar-refractivity contribution >= 4 is 11.0 Å². The molecule has 2 aromatic carbocycles. The minimum absolute atomic E-state index is 0.00293. The fourth-order valence-corrected chi connectivity index (χ4v) is 3.39. The number of hydrogen-bond donors (Lipinski definition) is 2. The van der Waals surface area contributed by atoms with E-state index in [0.29, 0.717) is 11.6 Å². The minimum atomic E-state index is -1.13. The Morgan fingerprint density at radius 1 is 0.966 bits per heavy atom. The van der Waals surface area contributed by atoms with Crippen molar-refractivity contribution in [1.29, 1.82) is 0 Å². The van der Waals surface area contributed by atoms with E-state index in [9.17, 15) is 10.2 Å². The molecular formula is C22H24N2O5. The second kappa shape index (κ2) is 8.04. The highest BCUT2D eigenvalue weighted by Gasteiger charge is 2.43. The van der Waals surface area contributed by atoms with Crippen molar-refractivity contribution in [3.63, 3.8) is 0 Å². The Morgan fingerprint density at radius 3 is 2.24 bits per heavy atom. The van der Waals surface area contributed by atoms with Crippen LogP contribution >= 0.6 is 0 Å². The Bertz CT molecular complexity index is 1010. The van der Waals surface area contributed by atoms with Gasteiger partial charge in [0.25, 0.3) is 0 Å². The molecule has 2 heterocycles. The third kappa shape index (κ3) is 3.82. The number of nitrogens with zero attached hydrogens (tertiary/aromatic N) is 2. The summed E-state index contributed by atoms with van der Waals surface area (Å²) in [5, 5.41) is 20.2. The van der Waals surface area contributed by atoms with Crippen molar-refractivity contribution in [3.8, 4) is 17.1 Å². The average Bonchev–Trinajstić information content (AvgIpc) is 3.01. The van der Waals surface area contributed by atoms with Gasteiger partial charge in [0.1, 0.15) is 30.6 Å². The van der Waals surface area contributed by atoms with Crippen LogP contribution in [0, 0.1) is 13.8 Å². The molecule has 4 atom stereocenters. The van der Waals surface area contributed by atoms with Gasteiger partial charge in [0, 0.05) is 12.7 Å². The van der Waals surface area contributed by atoms with Gasteiger partial charge in [-0.2, -0.15) is 0 Å². The van der Waals surface area contributed by atoms with E-state index in [1.807, 2.05) is 56.3 Å². The number of methoxy groups -OCH3 is 1. The highest BCUT2D eigenvalue weighted by Crippen LogP contribution is 2.31. The van der Waals surface area contributed by atoms with Gasteiger partial charge in [-0.3, -0.25) is 0 Å². The monoisotopic (exact) mass is 396 g/mol. The first-order valence-electron chi connectivity index (χ1n) is 9.49. The van der Waals surface area contributed by atoms with Crippen LogP contribution in [-0.2, 0) is 9.47 Å². The molecule has 2 N–H and O–H groups in total. The molecule has 3 aromatic rings. The summed E-state index contributed by atoms with van der Waals surface area (Å²) in [6.45, 7) is 4.07. The zero-order valence-corrected chi connectivity index (χ0v) is 16.6. The number of aliphatic hydroxyl groups excluding tert-OH is 2. The van der Waals surface area contributed by atoms with E-state index in [-0.39, 0.29) is 6.61 Å². The molecule has 7 heteroatoms. The molecule has 1 aliphatic rings. The van der Waals surface area contributed by atoms with Gasteiger partial charge in [-0.15, -0.1) is 0 Å². The molecule has 4 rings (SSSR count). The standard InChI is InChI=1S/C22H24N2O5/c1-12-9-15-16(10-13(12)2)24-21(18(23-15)14-7-5-4-6-8-14)28-11-17-19(25)20(26)22(27-3)29-17/h4-10,17,19-20,22,25-26H,11H2,1-3H3/t17-,19-,20-,22-/m1/s1. The SMILES string of the molecule is CO[C@@H]1O[C@H](COc2nc3cc(C)c(C)cc3nc2-c2ccccc2)[C@@H](O)[C@H]1O. The van der Waals surface area contributed by atoms with Gasteiger partial charge < -0.3 is 24.4 Å². The molecule has 1 aromatic heterocycles. The molecule has 29 heavy (non-hydrogen) atoms. The molecule has 0 aliphatic carbocycles. The summed E-state index contributed by atoms with van der Waals surface area (Å²) in [4.78, 5) is 9.47. The van der Waals surface area contributed by atoms with Crippen molar-refractivity contribution in [2.75, 3.05) is 13.7 Å². The molecule has 0 radical (unpaired) electrons. The fourth-order valence-electron chi connectivity index (χ4n) is 3.39. The van der Waals surface area contributed by atoms with Crippen LogP contribution < -0.4 is 4.74 Å². The maximum atomic E-state index is 10.2. The molecule has 1 fully saturated rings. The van der Waals surface area contributed by atoms with Gasteiger partial charge in [-0.05, 0) is 37.1 Å². The second-order valence-electron chi connectivity index (χ2n) is 7.24. The number of aliphatic hydroxyl groups is 2. The van der Waals surface area contributed by atoms with E-state index in [0.717, 1.165) is 27.7 Å². The molecule has 0 unspecified atom stereocenters. The Hall–Kier alpha value is -2.58. The smallest absolute Gasteiger partial charge is 0.241 e. The molecule has 152 valence electrons. The number of aromatic nitrogens is 2. The van der Waals surface area contributed by atoms with Gasteiger partial charge in [-0.1, -0.05) is 30.3 Å². The molecular weight excluding hydrogens is 372 g/mol. The molecule has 7 nitrogen and oxygen atoms in total. The second-order valence-corrected chi connectivity index (χ2v) is 7.24. The number of benzene rings is 2. The number of hydrogen-bond acceptors (Lipinski definition) is 7. The fraction of sp³-hybridized carbons (Fsp3) is 0.364. The number of fused-ring (bicyclic) bond motifs is 1. The Labute approximate surface area is 168 Å². The summed E-state index contributed by atoms with van der Waals surface area (Å²) < 4.78 is 16.5. The summed E-state index contributed by atoms with van der Waals surface area (Å²) in [6, 6.07) is 13.7. The molecule has 0 bridgehead atoms. The summed E-state index contributed by atoms with van der Waals surface area (Å²) in [6.07, 6.45) is -3.87. The van der Waals surface area contributed by atoms with Gasteiger partial charge in [0.15, 0.2) is 6.29 Å². The maximum Gasteiger partial charge on any atom is 0.241 e. The van der Waals surface area contributed by atoms with E-state index in [1.165, 1.54) is 7.11 Å². The van der Waals surface area contributed by atoms with Crippen LogP contribution in [0.15, 0.2) is 42.5 Å². The third-order valence-corrected chi connectivity index (χ3v) is 5.23. The van der Waals surface area contributed by atoms with E-state index < -0.39 is 24.6 Å². The highest BCUT2D eigenvalue weighted by atomic mass is 16.7. The third-order valence-electron chi connectivity index (χ3n) is 5.23. The number of ether oxygens (including phenoxy) is 3. The van der Waals surface area contributed by atoms with Crippen molar-refractivity contribution in [1.82, 2.24) is 9.97 Å². The van der Waals surface area contributed by atoms with Crippen molar-refractivity contribution in [2.24, 2.45) is 0 Å². The topological polar surface area (TPSA) is 93.9 Å². The van der Waals surface area contributed by atoms with Crippen LogP contribution in [0.25, 0.3) is 22.3 Å². The first-order valence-corrected chi connectivity index (χ1v) is 9.49. The largest absolute Gasteiger partial charge is 0.473 e. The van der Waals surface area contributed by atoms with Crippen LogP contribution in [0.2, 0.25) is 0 Å². The van der Waals surface area contributed by atoms with Gasteiger partial charge in [0.2, 0.25) is 5.88 Å². The van der Waals surface area contributed by atoms with Crippen molar-refractivity contribution in [2.45, 2.75) is 38.4 Å². The Morgan fingerprint density at radius 2 is 1.62 bits per heavy atom. The Kier molecular flexibility index (Phi) is 5.47. The predicted octanol–water partition coefficient (Wildman–Crippen LogP) is 2.39. The predicted molar refractivity (Wildman–Crippen MR) is 108 cm³/mol.